The van der Waals surface area contributed by atoms with E-state index >= 15 is 0 Å². The smallest absolute Gasteiger partial charge is 0.223 e. The molecule has 2 aromatic carbocycles. The molecule has 0 unspecified atom stereocenters. The van der Waals surface area contributed by atoms with Crippen LogP contribution < -0.4 is 15.4 Å². The molecule has 1 saturated carbocycles. The Bertz CT molecular complexity index is 1030. The van der Waals surface area contributed by atoms with Crippen LogP contribution in [0, 0.1) is 5.92 Å². The van der Waals surface area contributed by atoms with Gasteiger partial charge >= 0.3 is 0 Å². The highest BCUT2D eigenvalue weighted by Crippen LogP contribution is 2.53. The maximum atomic E-state index is 13.4. The zero-order valence-electron chi connectivity index (χ0n) is 21.4. The summed E-state index contributed by atoms with van der Waals surface area (Å²) >= 11 is 0. The van der Waals surface area contributed by atoms with Crippen LogP contribution in [-0.2, 0) is 14.9 Å². The van der Waals surface area contributed by atoms with E-state index in [0.717, 1.165) is 63.8 Å². The van der Waals surface area contributed by atoms with Crippen molar-refractivity contribution in [2.24, 2.45) is 5.92 Å². The van der Waals surface area contributed by atoms with Crippen LogP contribution in [0.2, 0.25) is 0 Å². The lowest BCUT2D eigenvalue weighted by Crippen LogP contribution is -2.40. The van der Waals surface area contributed by atoms with Crippen molar-refractivity contribution in [3.8, 4) is 16.9 Å². The number of benzene rings is 2. The number of carbonyl (C=O) groups is 1. The molecule has 3 aliphatic rings. The third kappa shape index (κ3) is 4.99. The van der Waals surface area contributed by atoms with Crippen LogP contribution in [0.25, 0.3) is 11.1 Å². The second-order valence-electron chi connectivity index (χ2n) is 11.0. The zero-order chi connectivity index (χ0) is 24.4. The van der Waals surface area contributed by atoms with Gasteiger partial charge in [0.2, 0.25) is 5.91 Å². The molecule has 3 atom stereocenters. The zero-order valence-corrected chi connectivity index (χ0v) is 21.4. The number of rotatable bonds is 6. The molecule has 5 rings (SSSR count). The first kappa shape index (κ1) is 24.3. The van der Waals surface area contributed by atoms with Gasteiger partial charge in [0, 0.05) is 18.4 Å². The minimum atomic E-state index is 0.0541. The minimum absolute atomic E-state index is 0.0541. The van der Waals surface area contributed by atoms with E-state index in [1.807, 2.05) is 0 Å². The van der Waals surface area contributed by atoms with Crippen LogP contribution in [0.4, 0.5) is 0 Å². The maximum Gasteiger partial charge on any atom is 0.223 e. The Hall–Kier alpha value is -2.37. The van der Waals surface area contributed by atoms with Gasteiger partial charge in [0.15, 0.2) is 0 Å². The summed E-state index contributed by atoms with van der Waals surface area (Å²) in [5, 5.41) is 7.05. The van der Waals surface area contributed by atoms with Crippen LogP contribution in [0.5, 0.6) is 5.75 Å². The number of nitrogens with one attached hydrogen (secondary N) is 2. The third-order valence-electron chi connectivity index (χ3n) is 8.34. The summed E-state index contributed by atoms with van der Waals surface area (Å²) in [5.74, 6) is 1.16. The van der Waals surface area contributed by atoms with Gasteiger partial charge in [-0.2, -0.15) is 0 Å². The molecule has 188 valence electrons. The molecule has 5 heteroatoms. The Labute approximate surface area is 210 Å². The Morgan fingerprint density at radius 1 is 1.09 bits per heavy atom. The molecule has 1 spiro atoms. The summed E-state index contributed by atoms with van der Waals surface area (Å²) in [7, 11) is 1.77. The standard InChI is InChI=1S/C30H40N2O3/c1-20(2)35-23-12-10-21(11-13-23)25-8-5-9-26-27(19-30(28(25)26)14-16-31-17-15-30)32-29(33)22-6-4-7-24(18-22)34-3/h5,8-13,20,22,24,27,31H,4,6-7,14-19H2,1-3H3,(H,32,33)/t22-,24+,27+/m0/s1. The largest absolute Gasteiger partial charge is 0.491 e. The maximum absolute atomic E-state index is 13.4. The average Bonchev–Trinajstić information content (AvgIpc) is 3.17. The highest BCUT2D eigenvalue weighted by Gasteiger charge is 2.46. The Morgan fingerprint density at radius 3 is 2.57 bits per heavy atom. The molecule has 0 bridgehead atoms. The molecule has 1 amide bonds. The van der Waals surface area contributed by atoms with E-state index in [9.17, 15) is 4.79 Å². The Morgan fingerprint density at radius 2 is 1.86 bits per heavy atom. The van der Waals surface area contributed by atoms with Crippen molar-refractivity contribution in [1.29, 1.82) is 0 Å². The fourth-order valence-corrected chi connectivity index (χ4v) is 6.66. The highest BCUT2D eigenvalue weighted by atomic mass is 16.5. The fourth-order valence-electron chi connectivity index (χ4n) is 6.66. The summed E-state index contributed by atoms with van der Waals surface area (Å²) in [5.41, 5.74) is 5.37. The van der Waals surface area contributed by atoms with Gasteiger partial charge in [-0.15, -0.1) is 0 Å². The van der Waals surface area contributed by atoms with Crippen molar-refractivity contribution in [1.82, 2.24) is 10.6 Å². The van der Waals surface area contributed by atoms with Gasteiger partial charge in [0.1, 0.15) is 5.75 Å². The molecule has 1 saturated heterocycles. The van der Waals surface area contributed by atoms with Gasteiger partial charge in [-0.05, 0) is 99.8 Å². The quantitative estimate of drug-likeness (QED) is 0.576. The topological polar surface area (TPSA) is 59.6 Å². The number of amides is 1. The van der Waals surface area contributed by atoms with Gasteiger partial charge in [-0.25, -0.2) is 0 Å². The van der Waals surface area contributed by atoms with E-state index in [2.05, 4.69) is 66.9 Å². The molecule has 1 aliphatic heterocycles. The SMILES string of the molecule is CO[C@@H]1CCC[C@H](C(=O)N[C@@H]2CC3(CCNCC3)c3c(-c4ccc(OC(C)C)cc4)cccc32)C1. The van der Waals surface area contributed by atoms with Crippen molar-refractivity contribution < 1.29 is 14.3 Å². The lowest BCUT2D eigenvalue weighted by atomic mass is 9.72. The van der Waals surface area contributed by atoms with Crippen LogP contribution in [0.1, 0.15) is 76.0 Å². The Balaban J connectivity index is 1.45. The summed E-state index contributed by atoms with van der Waals surface area (Å²) < 4.78 is 11.5. The molecule has 2 aliphatic carbocycles. The van der Waals surface area contributed by atoms with E-state index in [-0.39, 0.29) is 35.5 Å². The van der Waals surface area contributed by atoms with E-state index in [0.29, 0.717) is 0 Å². The van der Waals surface area contributed by atoms with Crippen molar-refractivity contribution >= 4 is 5.91 Å². The molecule has 5 nitrogen and oxygen atoms in total. The lowest BCUT2D eigenvalue weighted by molar-refractivity contribution is -0.128. The normalized spacial score (nSPS) is 25.4. The fraction of sp³-hybridized carbons (Fsp3) is 0.567. The van der Waals surface area contributed by atoms with Crippen molar-refractivity contribution in [2.75, 3.05) is 20.2 Å². The molecular formula is C30H40N2O3. The van der Waals surface area contributed by atoms with E-state index in [1.165, 1.54) is 22.3 Å². The number of hydrogen-bond donors (Lipinski definition) is 2. The van der Waals surface area contributed by atoms with Crippen molar-refractivity contribution in [2.45, 2.75) is 82.5 Å². The molecular weight excluding hydrogens is 436 g/mol. The van der Waals surface area contributed by atoms with Crippen LogP contribution >= 0.6 is 0 Å². The number of ether oxygens (including phenoxy) is 2. The van der Waals surface area contributed by atoms with Crippen molar-refractivity contribution in [3.05, 3.63) is 53.6 Å². The predicted octanol–water partition coefficient (Wildman–Crippen LogP) is 5.53. The highest BCUT2D eigenvalue weighted by molar-refractivity contribution is 5.80. The van der Waals surface area contributed by atoms with Gasteiger partial charge in [-0.1, -0.05) is 36.8 Å². The molecule has 35 heavy (non-hydrogen) atoms. The molecule has 0 aromatic heterocycles. The number of hydrogen-bond acceptors (Lipinski definition) is 4. The molecule has 0 radical (unpaired) electrons. The molecule has 2 N–H and O–H groups in total. The lowest BCUT2D eigenvalue weighted by Gasteiger charge is -2.36. The first-order valence-electron chi connectivity index (χ1n) is 13.4. The molecule has 1 heterocycles. The Kier molecular flexibility index (Phi) is 7.17. The summed E-state index contributed by atoms with van der Waals surface area (Å²) in [4.78, 5) is 13.4. The molecule has 2 fully saturated rings. The van der Waals surface area contributed by atoms with Gasteiger partial charge < -0.3 is 20.1 Å². The van der Waals surface area contributed by atoms with E-state index in [4.69, 9.17) is 9.47 Å². The second kappa shape index (κ2) is 10.3. The first-order chi connectivity index (χ1) is 17.0. The number of piperidine rings is 1. The second-order valence-corrected chi connectivity index (χ2v) is 11.0. The average molecular weight is 477 g/mol. The number of fused-ring (bicyclic) bond motifs is 2. The minimum Gasteiger partial charge on any atom is -0.491 e. The summed E-state index contributed by atoms with van der Waals surface area (Å²) in [6.45, 7) is 6.15. The van der Waals surface area contributed by atoms with Gasteiger partial charge in [0.25, 0.3) is 0 Å². The van der Waals surface area contributed by atoms with E-state index < -0.39 is 0 Å². The third-order valence-corrected chi connectivity index (χ3v) is 8.34. The number of methoxy groups -OCH3 is 1. The first-order valence-corrected chi connectivity index (χ1v) is 13.4. The van der Waals surface area contributed by atoms with Crippen LogP contribution in [-0.4, -0.2) is 38.3 Å². The summed E-state index contributed by atoms with van der Waals surface area (Å²) in [6.07, 6.45) is 7.49. The molecule has 2 aromatic rings. The van der Waals surface area contributed by atoms with Crippen LogP contribution in [0.15, 0.2) is 42.5 Å². The van der Waals surface area contributed by atoms with Gasteiger partial charge in [0.05, 0.1) is 18.2 Å². The monoisotopic (exact) mass is 476 g/mol. The number of carbonyl (C=O) groups excluding carboxylic acids is 1. The van der Waals surface area contributed by atoms with E-state index in [1.54, 1.807) is 7.11 Å². The van der Waals surface area contributed by atoms with Crippen LogP contribution in [0.3, 0.4) is 0 Å². The summed E-state index contributed by atoms with van der Waals surface area (Å²) in [6, 6.07) is 15.3. The van der Waals surface area contributed by atoms with Gasteiger partial charge in [-0.3, -0.25) is 4.79 Å². The predicted molar refractivity (Wildman–Crippen MR) is 140 cm³/mol. The van der Waals surface area contributed by atoms with Crippen molar-refractivity contribution in [3.63, 3.8) is 0 Å².